The Balaban J connectivity index is 1.70. The first-order chi connectivity index (χ1) is 18.5. The number of ether oxygens (including phenoxy) is 1. The van der Waals surface area contributed by atoms with Crippen LogP contribution in [0.1, 0.15) is 13.3 Å². The van der Waals surface area contributed by atoms with Crippen LogP contribution in [0, 0.1) is 0 Å². The number of benzene rings is 2. The van der Waals surface area contributed by atoms with E-state index in [1.165, 1.54) is 12.4 Å². The van der Waals surface area contributed by atoms with E-state index in [-0.39, 0.29) is 5.91 Å². The Bertz CT molecular complexity index is 1430. The molecule has 198 valence electrons. The molecule has 0 bridgehead atoms. The van der Waals surface area contributed by atoms with Crippen LogP contribution in [0.15, 0.2) is 61.6 Å². The van der Waals surface area contributed by atoms with Gasteiger partial charge in [0.25, 0.3) is 0 Å². The number of likely N-dealkylation sites (N-methyl/N-ethyl adjacent to an activating group) is 1. The molecule has 0 fully saturated rings. The molecule has 2 heterocycles. The summed E-state index contributed by atoms with van der Waals surface area (Å²) < 4.78 is 7.59. The zero-order valence-corrected chi connectivity index (χ0v) is 22.3. The van der Waals surface area contributed by atoms with Gasteiger partial charge in [0.1, 0.15) is 17.9 Å². The van der Waals surface area contributed by atoms with E-state index in [4.69, 9.17) is 4.74 Å². The van der Waals surface area contributed by atoms with Crippen molar-refractivity contribution in [3.8, 4) is 17.0 Å². The van der Waals surface area contributed by atoms with Crippen LogP contribution in [0.25, 0.3) is 22.2 Å². The highest BCUT2D eigenvalue weighted by Gasteiger charge is 2.18. The summed E-state index contributed by atoms with van der Waals surface area (Å²) in [5, 5.41) is 14.8. The van der Waals surface area contributed by atoms with Crippen molar-refractivity contribution in [3.63, 3.8) is 0 Å². The molecule has 0 spiro atoms. The predicted molar refractivity (Wildman–Crippen MR) is 153 cm³/mol. The molecule has 1 amide bonds. The molecule has 0 aliphatic carbocycles. The van der Waals surface area contributed by atoms with Crippen molar-refractivity contribution < 1.29 is 9.53 Å². The van der Waals surface area contributed by atoms with Crippen molar-refractivity contribution in [3.05, 3.63) is 61.6 Å². The highest BCUT2D eigenvalue weighted by Crippen LogP contribution is 2.38. The molecule has 2 aromatic carbocycles. The second-order valence-corrected chi connectivity index (χ2v) is 8.81. The SMILES string of the molecule is C=CC(=O)Nc1cc(Nc2cc(-c3ccc4c(cnn4C)c3)ncn2)c(OC)cc1N(CCC)CCNC. The summed E-state index contributed by atoms with van der Waals surface area (Å²) in [4.78, 5) is 23.4. The third-order valence-electron chi connectivity index (χ3n) is 6.20. The average Bonchev–Trinajstić information content (AvgIpc) is 3.31. The van der Waals surface area contributed by atoms with Gasteiger partial charge in [-0.1, -0.05) is 19.6 Å². The summed E-state index contributed by atoms with van der Waals surface area (Å²) in [6.45, 7) is 8.12. The Morgan fingerprint density at radius 2 is 2.00 bits per heavy atom. The van der Waals surface area contributed by atoms with E-state index in [0.29, 0.717) is 22.9 Å². The molecule has 0 atom stereocenters. The number of aromatic nitrogens is 4. The van der Waals surface area contributed by atoms with E-state index in [0.717, 1.165) is 53.9 Å². The summed E-state index contributed by atoms with van der Waals surface area (Å²) in [6.07, 6.45) is 5.57. The van der Waals surface area contributed by atoms with E-state index < -0.39 is 0 Å². The van der Waals surface area contributed by atoms with Crippen molar-refractivity contribution in [1.82, 2.24) is 25.1 Å². The van der Waals surface area contributed by atoms with Gasteiger partial charge in [-0.25, -0.2) is 9.97 Å². The van der Waals surface area contributed by atoms with Gasteiger partial charge in [0.2, 0.25) is 5.91 Å². The minimum atomic E-state index is -0.289. The fraction of sp³-hybridized carbons (Fsp3) is 0.286. The smallest absolute Gasteiger partial charge is 0.247 e. The number of nitrogens with zero attached hydrogens (tertiary/aromatic N) is 5. The van der Waals surface area contributed by atoms with Gasteiger partial charge in [-0.3, -0.25) is 9.48 Å². The Morgan fingerprint density at radius 1 is 1.16 bits per heavy atom. The molecule has 0 radical (unpaired) electrons. The van der Waals surface area contributed by atoms with Crippen molar-refractivity contribution in [1.29, 1.82) is 0 Å². The molecule has 2 aromatic heterocycles. The lowest BCUT2D eigenvalue weighted by atomic mass is 10.1. The topological polar surface area (TPSA) is 109 Å². The maximum absolute atomic E-state index is 12.3. The van der Waals surface area contributed by atoms with Crippen molar-refractivity contribution in [2.75, 3.05) is 49.3 Å². The normalized spacial score (nSPS) is 10.8. The molecule has 4 rings (SSSR count). The number of carbonyl (C=O) groups excluding carboxylic acids is 1. The Morgan fingerprint density at radius 3 is 2.74 bits per heavy atom. The van der Waals surface area contributed by atoms with Crippen LogP contribution in [0.5, 0.6) is 5.75 Å². The predicted octanol–water partition coefficient (Wildman–Crippen LogP) is 4.34. The van der Waals surface area contributed by atoms with Crippen LogP contribution < -0.4 is 25.6 Å². The minimum Gasteiger partial charge on any atom is -0.494 e. The molecule has 0 unspecified atom stereocenters. The first-order valence-corrected chi connectivity index (χ1v) is 12.5. The van der Waals surface area contributed by atoms with Gasteiger partial charge in [-0.2, -0.15) is 5.10 Å². The standard InChI is InChI=1S/C28H34N8O2/c1-6-11-36(12-10-29-3)25-16-26(38-5)23(14-22(25)34-28(37)7-2)33-27-15-21(30-18-31-27)19-8-9-24-20(13-19)17-32-35(24)4/h7-9,13-18,29H,2,6,10-12H2,1,3-5H3,(H,34,37)(H,30,31,33). The lowest BCUT2D eigenvalue weighted by Gasteiger charge is -2.28. The number of anilines is 4. The number of rotatable bonds is 12. The van der Waals surface area contributed by atoms with Gasteiger partial charge in [-0.15, -0.1) is 0 Å². The first kappa shape index (κ1) is 26.6. The summed E-state index contributed by atoms with van der Waals surface area (Å²) >= 11 is 0. The van der Waals surface area contributed by atoms with E-state index >= 15 is 0 Å². The highest BCUT2D eigenvalue weighted by atomic mass is 16.5. The summed E-state index contributed by atoms with van der Waals surface area (Å²) in [7, 11) is 5.46. The summed E-state index contributed by atoms with van der Waals surface area (Å²) in [5.41, 5.74) is 4.95. The molecule has 0 saturated carbocycles. The summed E-state index contributed by atoms with van der Waals surface area (Å²) in [5.74, 6) is 0.926. The second-order valence-electron chi connectivity index (χ2n) is 8.81. The van der Waals surface area contributed by atoms with Crippen LogP contribution in [-0.4, -0.2) is 59.4 Å². The number of aryl methyl sites for hydroxylation is 1. The van der Waals surface area contributed by atoms with Crippen LogP contribution in [-0.2, 0) is 11.8 Å². The summed E-state index contributed by atoms with van der Waals surface area (Å²) in [6, 6.07) is 11.8. The number of fused-ring (bicyclic) bond motifs is 1. The number of hydrogen-bond donors (Lipinski definition) is 3. The number of nitrogens with one attached hydrogen (secondary N) is 3. The second kappa shape index (κ2) is 12.2. The fourth-order valence-corrected chi connectivity index (χ4v) is 4.30. The van der Waals surface area contributed by atoms with E-state index in [9.17, 15) is 4.79 Å². The van der Waals surface area contributed by atoms with E-state index in [1.54, 1.807) is 7.11 Å². The molecule has 38 heavy (non-hydrogen) atoms. The molecule has 3 N–H and O–H groups in total. The molecule has 0 aliphatic rings. The fourth-order valence-electron chi connectivity index (χ4n) is 4.30. The van der Waals surface area contributed by atoms with Crippen molar-refractivity contribution in [2.45, 2.75) is 13.3 Å². The lowest BCUT2D eigenvalue weighted by Crippen LogP contribution is -2.32. The van der Waals surface area contributed by atoms with Crippen molar-refractivity contribution >= 4 is 39.7 Å². The van der Waals surface area contributed by atoms with Gasteiger partial charge in [-0.05, 0) is 37.7 Å². The largest absolute Gasteiger partial charge is 0.494 e. The maximum Gasteiger partial charge on any atom is 0.247 e. The third-order valence-corrected chi connectivity index (χ3v) is 6.20. The average molecular weight is 515 g/mol. The number of hydrogen-bond acceptors (Lipinski definition) is 8. The molecule has 0 aliphatic heterocycles. The zero-order valence-electron chi connectivity index (χ0n) is 22.3. The zero-order chi connectivity index (χ0) is 27.1. The number of carbonyl (C=O) groups is 1. The Labute approximate surface area is 222 Å². The van der Waals surface area contributed by atoms with E-state index in [2.05, 4.69) is 55.5 Å². The van der Waals surface area contributed by atoms with Crippen LogP contribution in [0.2, 0.25) is 0 Å². The minimum absolute atomic E-state index is 0.289. The highest BCUT2D eigenvalue weighted by molar-refractivity contribution is 6.02. The quantitative estimate of drug-likeness (QED) is 0.240. The lowest BCUT2D eigenvalue weighted by molar-refractivity contribution is -0.111. The molecule has 10 nitrogen and oxygen atoms in total. The molecule has 10 heteroatoms. The maximum atomic E-state index is 12.3. The van der Waals surface area contributed by atoms with Crippen LogP contribution >= 0.6 is 0 Å². The molecule has 4 aromatic rings. The van der Waals surface area contributed by atoms with Gasteiger partial charge in [0.15, 0.2) is 0 Å². The molecular weight excluding hydrogens is 480 g/mol. The Hall–Kier alpha value is -4.44. The van der Waals surface area contributed by atoms with Gasteiger partial charge in [0.05, 0.1) is 41.6 Å². The van der Waals surface area contributed by atoms with Gasteiger partial charge >= 0.3 is 0 Å². The van der Waals surface area contributed by atoms with Gasteiger partial charge in [0, 0.05) is 49.8 Å². The van der Waals surface area contributed by atoms with Gasteiger partial charge < -0.3 is 25.6 Å². The van der Waals surface area contributed by atoms with E-state index in [1.807, 2.05) is 55.3 Å². The molecule has 0 saturated heterocycles. The third kappa shape index (κ3) is 5.92. The van der Waals surface area contributed by atoms with Crippen LogP contribution in [0.4, 0.5) is 22.9 Å². The number of amides is 1. The first-order valence-electron chi connectivity index (χ1n) is 12.5. The molecular formula is C28H34N8O2. The number of methoxy groups -OCH3 is 1. The van der Waals surface area contributed by atoms with Crippen molar-refractivity contribution in [2.24, 2.45) is 7.05 Å². The monoisotopic (exact) mass is 514 g/mol. The Kier molecular flexibility index (Phi) is 8.55. The van der Waals surface area contributed by atoms with Crippen LogP contribution in [0.3, 0.4) is 0 Å².